The average molecular weight is 211 g/mol. The van der Waals surface area contributed by atoms with Crippen molar-refractivity contribution in [2.24, 2.45) is 0 Å². The molecule has 1 unspecified atom stereocenters. The van der Waals surface area contributed by atoms with Crippen LogP contribution in [0.15, 0.2) is 23.1 Å². The highest BCUT2D eigenvalue weighted by atomic mass is 32.2. The second-order valence-electron chi connectivity index (χ2n) is 3.16. The Morgan fingerprint density at radius 2 is 2.29 bits per heavy atom. The quantitative estimate of drug-likeness (QED) is 0.749. The summed E-state index contributed by atoms with van der Waals surface area (Å²) in [5.74, 6) is -0.544. The topological polar surface area (TPSA) is 57.6 Å². The molecule has 0 aromatic heterocycles. The largest absolute Gasteiger partial charge is 0.478 e. The first-order valence-electron chi connectivity index (χ1n) is 4.06. The van der Waals surface area contributed by atoms with Crippen molar-refractivity contribution in [1.29, 1.82) is 0 Å². The zero-order valence-corrected chi connectivity index (χ0v) is 8.37. The van der Waals surface area contributed by atoms with Crippen LogP contribution in [0.3, 0.4) is 0 Å². The van der Waals surface area contributed by atoms with E-state index in [9.17, 15) is 9.00 Å². The van der Waals surface area contributed by atoms with Crippen molar-refractivity contribution in [3.63, 3.8) is 0 Å². The SMILES string of the molecule is CN1CS(=O)c2cc(C(=O)O)ccc21. The van der Waals surface area contributed by atoms with Crippen LogP contribution in [0.4, 0.5) is 5.69 Å². The normalized spacial score (nSPS) is 19.5. The van der Waals surface area contributed by atoms with E-state index < -0.39 is 16.8 Å². The fourth-order valence-corrected chi connectivity index (χ4v) is 2.81. The van der Waals surface area contributed by atoms with Crippen LogP contribution in [-0.2, 0) is 10.8 Å². The number of carboxylic acid groups (broad SMARTS) is 1. The number of benzene rings is 1. The summed E-state index contributed by atoms with van der Waals surface area (Å²) in [6.45, 7) is 0. The Labute approximate surface area is 83.6 Å². The number of nitrogens with zero attached hydrogens (tertiary/aromatic N) is 1. The molecule has 1 aliphatic rings. The zero-order valence-electron chi connectivity index (χ0n) is 7.56. The number of anilines is 1. The Hall–Kier alpha value is -1.36. The van der Waals surface area contributed by atoms with E-state index in [1.165, 1.54) is 12.1 Å². The molecule has 74 valence electrons. The number of hydrogen-bond acceptors (Lipinski definition) is 3. The molecule has 1 atom stereocenters. The van der Waals surface area contributed by atoms with Gasteiger partial charge >= 0.3 is 5.97 Å². The van der Waals surface area contributed by atoms with E-state index in [-0.39, 0.29) is 5.56 Å². The summed E-state index contributed by atoms with van der Waals surface area (Å²) < 4.78 is 11.5. The van der Waals surface area contributed by atoms with Crippen molar-refractivity contribution >= 4 is 22.5 Å². The second kappa shape index (κ2) is 3.09. The monoisotopic (exact) mass is 211 g/mol. The number of rotatable bonds is 1. The molecule has 0 fully saturated rings. The fourth-order valence-electron chi connectivity index (χ4n) is 1.46. The van der Waals surface area contributed by atoms with Crippen molar-refractivity contribution < 1.29 is 14.1 Å². The minimum absolute atomic E-state index is 0.187. The standard InChI is InChI=1S/C9H9NO3S/c1-10-5-14(13)8-4-6(9(11)12)2-3-7(8)10/h2-4H,5H2,1H3,(H,11,12). The molecule has 0 saturated heterocycles. The van der Waals surface area contributed by atoms with Crippen molar-refractivity contribution in [2.75, 3.05) is 17.8 Å². The molecular weight excluding hydrogens is 202 g/mol. The Morgan fingerprint density at radius 3 is 2.93 bits per heavy atom. The minimum Gasteiger partial charge on any atom is -0.478 e. The van der Waals surface area contributed by atoms with Gasteiger partial charge in [0.15, 0.2) is 0 Å². The fraction of sp³-hybridized carbons (Fsp3) is 0.222. The lowest BCUT2D eigenvalue weighted by atomic mass is 10.2. The number of carbonyl (C=O) groups is 1. The number of carboxylic acids is 1. The Morgan fingerprint density at radius 1 is 1.57 bits per heavy atom. The lowest BCUT2D eigenvalue weighted by Crippen LogP contribution is -2.13. The number of hydrogen-bond donors (Lipinski definition) is 1. The van der Waals surface area contributed by atoms with Crippen LogP contribution in [0.25, 0.3) is 0 Å². The molecule has 1 N–H and O–H groups in total. The van der Waals surface area contributed by atoms with Crippen LogP contribution >= 0.6 is 0 Å². The third-order valence-electron chi connectivity index (χ3n) is 2.17. The summed E-state index contributed by atoms with van der Waals surface area (Å²) in [7, 11) is 0.745. The van der Waals surface area contributed by atoms with Gasteiger partial charge in [0.25, 0.3) is 0 Å². The molecule has 4 nitrogen and oxygen atoms in total. The van der Waals surface area contributed by atoms with E-state index >= 15 is 0 Å². The Bertz CT molecular complexity index is 430. The van der Waals surface area contributed by atoms with Gasteiger partial charge in [-0.3, -0.25) is 4.21 Å². The summed E-state index contributed by atoms with van der Waals surface area (Å²) in [6, 6.07) is 4.71. The average Bonchev–Trinajstić information content (AvgIpc) is 2.42. The maximum atomic E-state index is 11.5. The molecule has 1 aromatic carbocycles. The summed E-state index contributed by atoms with van der Waals surface area (Å²) in [6.07, 6.45) is 0. The predicted molar refractivity (Wildman–Crippen MR) is 53.1 cm³/mol. The van der Waals surface area contributed by atoms with Crippen LogP contribution in [0.2, 0.25) is 0 Å². The number of aromatic carboxylic acids is 1. The van der Waals surface area contributed by atoms with Crippen molar-refractivity contribution in [3.05, 3.63) is 23.8 Å². The van der Waals surface area contributed by atoms with Gasteiger partial charge in [0.05, 0.1) is 32.8 Å². The van der Waals surface area contributed by atoms with Crippen molar-refractivity contribution in [1.82, 2.24) is 0 Å². The molecule has 14 heavy (non-hydrogen) atoms. The molecule has 1 heterocycles. The van der Waals surface area contributed by atoms with Gasteiger partial charge in [0.2, 0.25) is 0 Å². The van der Waals surface area contributed by atoms with E-state index in [1.54, 1.807) is 6.07 Å². The molecule has 0 amide bonds. The zero-order chi connectivity index (χ0) is 10.3. The van der Waals surface area contributed by atoms with Gasteiger partial charge in [-0.15, -0.1) is 0 Å². The smallest absolute Gasteiger partial charge is 0.335 e. The van der Waals surface area contributed by atoms with Crippen LogP contribution in [0.5, 0.6) is 0 Å². The van der Waals surface area contributed by atoms with E-state index in [0.717, 1.165) is 5.69 Å². The van der Waals surface area contributed by atoms with Gasteiger partial charge in [0.1, 0.15) is 0 Å². The molecule has 0 radical (unpaired) electrons. The van der Waals surface area contributed by atoms with Crippen LogP contribution in [-0.4, -0.2) is 28.2 Å². The van der Waals surface area contributed by atoms with Gasteiger partial charge in [0, 0.05) is 7.05 Å². The van der Waals surface area contributed by atoms with Gasteiger partial charge in [-0.1, -0.05) is 0 Å². The molecule has 1 aromatic rings. The van der Waals surface area contributed by atoms with Gasteiger partial charge < -0.3 is 10.0 Å². The van der Waals surface area contributed by atoms with Gasteiger partial charge in [-0.05, 0) is 18.2 Å². The summed E-state index contributed by atoms with van der Waals surface area (Å²) in [4.78, 5) is 13.2. The predicted octanol–water partition coefficient (Wildman–Crippen LogP) is 0.900. The molecule has 0 aliphatic carbocycles. The van der Waals surface area contributed by atoms with E-state index in [0.29, 0.717) is 10.8 Å². The highest BCUT2D eigenvalue weighted by Crippen LogP contribution is 2.30. The molecule has 5 heteroatoms. The van der Waals surface area contributed by atoms with Crippen LogP contribution < -0.4 is 4.90 Å². The maximum absolute atomic E-state index is 11.5. The first kappa shape index (κ1) is 9.21. The summed E-state index contributed by atoms with van der Waals surface area (Å²) in [5.41, 5.74) is 1.04. The highest BCUT2D eigenvalue weighted by Gasteiger charge is 2.23. The molecule has 1 aliphatic heterocycles. The molecule has 0 spiro atoms. The number of fused-ring (bicyclic) bond motifs is 1. The molecular formula is C9H9NO3S. The highest BCUT2D eigenvalue weighted by molar-refractivity contribution is 7.85. The minimum atomic E-state index is -1.09. The molecule has 2 rings (SSSR count). The summed E-state index contributed by atoms with van der Waals surface area (Å²) >= 11 is 0. The van der Waals surface area contributed by atoms with Gasteiger partial charge in [-0.25, -0.2) is 4.79 Å². The molecule has 0 saturated carbocycles. The molecule has 0 bridgehead atoms. The summed E-state index contributed by atoms with van der Waals surface area (Å²) in [5, 5.41) is 8.76. The first-order chi connectivity index (χ1) is 6.59. The lowest BCUT2D eigenvalue weighted by Gasteiger charge is -2.09. The van der Waals surface area contributed by atoms with Crippen molar-refractivity contribution in [3.8, 4) is 0 Å². The van der Waals surface area contributed by atoms with E-state index in [2.05, 4.69) is 0 Å². The lowest BCUT2D eigenvalue weighted by molar-refractivity contribution is 0.0696. The third kappa shape index (κ3) is 1.29. The van der Waals surface area contributed by atoms with E-state index in [1.807, 2.05) is 11.9 Å². The Kier molecular flexibility index (Phi) is 2.03. The van der Waals surface area contributed by atoms with Crippen molar-refractivity contribution in [2.45, 2.75) is 4.90 Å². The van der Waals surface area contributed by atoms with E-state index in [4.69, 9.17) is 5.11 Å². The van der Waals surface area contributed by atoms with Gasteiger partial charge in [-0.2, -0.15) is 0 Å². The van der Waals surface area contributed by atoms with Crippen LogP contribution in [0.1, 0.15) is 10.4 Å². The second-order valence-corrected chi connectivity index (χ2v) is 4.55. The third-order valence-corrected chi connectivity index (χ3v) is 3.61. The maximum Gasteiger partial charge on any atom is 0.335 e. The first-order valence-corrected chi connectivity index (χ1v) is 5.38. The van der Waals surface area contributed by atoms with Crippen LogP contribution in [0, 0.1) is 0 Å². The Balaban J connectivity index is 2.55.